The summed E-state index contributed by atoms with van der Waals surface area (Å²) in [7, 11) is -3.69. The lowest BCUT2D eigenvalue weighted by molar-refractivity contribution is 0.575. The quantitative estimate of drug-likeness (QED) is 0.536. The number of hydrazine groups is 1. The summed E-state index contributed by atoms with van der Waals surface area (Å²) in [6.45, 7) is 0.417. The number of fused-ring (bicyclic) bond motifs is 1. The molecule has 0 amide bonds. The molecule has 21 heavy (non-hydrogen) atoms. The van der Waals surface area contributed by atoms with Gasteiger partial charge in [-0.3, -0.25) is 4.40 Å². The molecule has 0 radical (unpaired) electrons. The molecule has 0 unspecified atom stereocenters. The van der Waals surface area contributed by atoms with Gasteiger partial charge in [-0.1, -0.05) is 6.07 Å². The van der Waals surface area contributed by atoms with Gasteiger partial charge in [0.05, 0.1) is 0 Å². The number of thioether (sulfide) groups is 1. The van der Waals surface area contributed by atoms with Gasteiger partial charge in [-0.15, -0.1) is 0 Å². The highest BCUT2D eigenvalue weighted by atomic mass is 32.2. The Balaban J connectivity index is 1.98. The molecule has 9 heteroatoms. The van der Waals surface area contributed by atoms with E-state index in [4.69, 9.17) is 5.84 Å². The Morgan fingerprint density at radius 1 is 1.48 bits per heavy atom. The third-order valence-corrected chi connectivity index (χ3v) is 6.54. The van der Waals surface area contributed by atoms with Crippen LogP contribution in [0.4, 0.5) is 5.82 Å². The summed E-state index contributed by atoms with van der Waals surface area (Å²) >= 11 is 1.70. The average Bonchev–Trinajstić information content (AvgIpc) is 3.17. The Morgan fingerprint density at radius 3 is 2.86 bits per heavy atom. The number of pyridine rings is 1. The van der Waals surface area contributed by atoms with E-state index in [-0.39, 0.29) is 15.6 Å². The van der Waals surface area contributed by atoms with Gasteiger partial charge in [0, 0.05) is 17.5 Å². The molecule has 0 aliphatic heterocycles. The van der Waals surface area contributed by atoms with Crippen molar-refractivity contribution in [2.75, 3.05) is 18.2 Å². The van der Waals surface area contributed by atoms with Crippen LogP contribution in [0.1, 0.15) is 12.8 Å². The largest absolute Gasteiger partial charge is 0.306 e. The molecule has 2 aromatic rings. The van der Waals surface area contributed by atoms with Crippen molar-refractivity contribution in [3.63, 3.8) is 0 Å². The second-order valence-electron chi connectivity index (χ2n) is 5.05. The standard InChI is InChI=1S/C12H17N5O2S2/c1-20-12(5-6-12)8-14-21(18,19)11-10(16-13)15-9-4-2-3-7-17(9)11/h2-4,7,14,16H,5-6,8,13H2,1H3. The van der Waals surface area contributed by atoms with E-state index < -0.39 is 10.0 Å². The molecule has 0 atom stereocenters. The predicted octanol–water partition coefficient (Wildman–Crippen LogP) is 0.794. The molecule has 2 aromatic heterocycles. The molecule has 0 aromatic carbocycles. The fourth-order valence-electron chi connectivity index (χ4n) is 2.21. The van der Waals surface area contributed by atoms with Crippen molar-refractivity contribution in [1.29, 1.82) is 0 Å². The summed E-state index contributed by atoms with van der Waals surface area (Å²) in [6.07, 6.45) is 5.72. The molecular weight excluding hydrogens is 310 g/mol. The lowest BCUT2D eigenvalue weighted by atomic mass is 10.4. The van der Waals surface area contributed by atoms with Crippen LogP contribution in [0.15, 0.2) is 29.4 Å². The average molecular weight is 327 g/mol. The van der Waals surface area contributed by atoms with Crippen LogP contribution < -0.4 is 16.0 Å². The monoisotopic (exact) mass is 327 g/mol. The zero-order valence-electron chi connectivity index (χ0n) is 11.5. The normalized spacial score (nSPS) is 17.0. The minimum atomic E-state index is -3.69. The van der Waals surface area contributed by atoms with Gasteiger partial charge in [-0.2, -0.15) is 11.8 Å². The molecule has 4 N–H and O–H groups in total. The van der Waals surface area contributed by atoms with Gasteiger partial charge in [0.1, 0.15) is 5.65 Å². The smallest absolute Gasteiger partial charge is 0.260 e. The first-order valence-electron chi connectivity index (χ1n) is 6.50. The number of nitrogen functional groups attached to an aromatic ring is 1. The fraction of sp³-hybridized carbons (Fsp3) is 0.417. The van der Waals surface area contributed by atoms with E-state index in [1.54, 1.807) is 36.2 Å². The van der Waals surface area contributed by atoms with Crippen LogP contribution in [-0.2, 0) is 10.0 Å². The van der Waals surface area contributed by atoms with Crippen LogP contribution in [0.5, 0.6) is 0 Å². The number of rotatable bonds is 6. The molecule has 1 aliphatic rings. The van der Waals surface area contributed by atoms with Gasteiger partial charge in [0.15, 0.2) is 10.8 Å². The van der Waals surface area contributed by atoms with E-state index in [1.807, 2.05) is 6.26 Å². The number of nitrogens with two attached hydrogens (primary N) is 1. The van der Waals surface area contributed by atoms with Crippen LogP contribution in [-0.4, -0.2) is 35.4 Å². The van der Waals surface area contributed by atoms with Crippen molar-refractivity contribution in [2.45, 2.75) is 22.6 Å². The van der Waals surface area contributed by atoms with E-state index in [0.29, 0.717) is 12.2 Å². The van der Waals surface area contributed by atoms with E-state index >= 15 is 0 Å². The third kappa shape index (κ3) is 2.61. The molecule has 0 bridgehead atoms. The first-order chi connectivity index (χ1) is 10.0. The van der Waals surface area contributed by atoms with Crippen LogP contribution in [0, 0.1) is 0 Å². The number of hydrogen-bond acceptors (Lipinski definition) is 6. The highest BCUT2D eigenvalue weighted by Crippen LogP contribution is 2.46. The molecule has 1 aliphatic carbocycles. The number of hydrogen-bond donors (Lipinski definition) is 3. The topological polar surface area (TPSA) is 102 Å². The maximum absolute atomic E-state index is 12.6. The minimum Gasteiger partial charge on any atom is -0.306 e. The SMILES string of the molecule is CSC1(CNS(=O)(=O)c2c(NN)nc3ccccn23)CC1. The molecule has 0 saturated heterocycles. The Bertz CT molecular complexity index is 767. The van der Waals surface area contributed by atoms with E-state index in [9.17, 15) is 8.42 Å². The van der Waals surface area contributed by atoms with Crippen molar-refractivity contribution in [1.82, 2.24) is 14.1 Å². The van der Waals surface area contributed by atoms with Crippen LogP contribution >= 0.6 is 11.8 Å². The van der Waals surface area contributed by atoms with E-state index in [1.165, 1.54) is 4.40 Å². The predicted molar refractivity (Wildman–Crippen MR) is 83.7 cm³/mol. The summed E-state index contributed by atoms with van der Waals surface area (Å²) in [4.78, 5) is 4.18. The van der Waals surface area contributed by atoms with Crippen molar-refractivity contribution in [3.05, 3.63) is 24.4 Å². The zero-order chi connectivity index (χ0) is 15.1. The molecule has 114 valence electrons. The molecule has 2 heterocycles. The molecule has 1 fully saturated rings. The van der Waals surface area contributed by atoms with Gasteiger partial charge >= 0.3 is 0 Å². The number of sulfonamides is 1. The van der Waals surface area contributed by atoms with Gasteiger partial charge in [0.25, 0.3) is 10.0 Å². The Labute approximate surface area is 127 Å². The van der Waals surface area contributed by atoms with Crippen molar-refractivity contribution < 1.29 is 8.42 Å². The van der Waals surface area contributed by atoms with Crippen molar-refractivity contribution in [2.24, 2.45) is 5.84 Å². The highest BCUT2D eigenvalue weighted by molar-refractivity contribution is 8.00. The van der Waals surface area contributed by atoms with E-state index in [2.05, 4.69) is 15.1 Å². The maximum Gasteiger partial charge on any atom is 0.260 e. The zero-order valence-corrected chi connectivity index (χ0v) is 13.2. The van der Waals surface area contributed by atoms with Gasteiger partial charge in [-0.25, -0.2) is 24.0 Å². The Hall–Kier alpha value is -1.29. The second-order valence-corrected chi connectivity index (χ2v) is 8.01. The van der Waals surface area contributed by atoms with Crippen LogP contribution in [0.2, 0.25) is 0 Å². The Kier molecular flexibility index (Phi) is 3.60. The molecule has 0 spiro atoms. The maximum atomic E-state index is 12.6. The molecule has 7 nitrogen and oxygen atoms in total. The highest BCUT2D eigenvalue weighted by Gasteiger charge is 2.43. The summed E-state index contributed by atoms with van der Waals surface area (Å²) in [6, 6.07) is 5.27. The summed E-state index contributed by atoms with van der Waals surface area (Å²) in [5.74, 6) is 5.55. The molecule has 1 saturated carbocycles. The Morgan fingerprint density at radius 2 is 2.24 bits per heavy atom. The number of nitrogens with one attached hydrogen (secondary N) is 2. The number of imidazole rings is 1. The van der Waals surface area contributed by atoms with E-state index in [0.717, 1.165) is 12.8 Å². The molecular formula is C12H17N5O2S2. The second kappa shape index (κ2) is 5.16. The van der Waals surface area contributed by atoms with Crippen molar-refractivity contribution in [3.8, 4) is 0 Å². The van der Waals surface area contributed by atoms with Gasteiger partial charge < -0.3 is 5.43 Å². The third-order valence-electron chi connectivity index (χ3n) is 3.70. The number of nitrogens with zero attached hydrogens (tertiary/aromatic N) is 2. The fourth-order valence-corrected chi connectivity index (χ4v) is 4.41. The number of anilines is 1. The van der Waals surface area contributed by atoms with Gasteiger partial charge in [-0.05, 0) is 31.2 Å². The first kappa shape index (κ1) is 14.6. The summed E-state index contributed by atoms with van der Waals surface area (Å²) in [5, 5.41) is 0.0394. The summed E-state index contributed by atoms with van der Waals surface area (Å²) in [5.41, 5.74) is 2.89. The van der Waals surface area contributed by atoms with Gasteiger partial charge in [0.2, 0.25) is 0 Å². The minimum absolute atomic E-state index is 0.0394. The van der Waals surface area contributed by atoms with Crippen LogP contribution in [0.3, 0.4) is 0 Å². The lowest BCUT2D eigenvalue weighted by Gasteiger charge is -2.13. The first-order valence-corrected chi connectivity index (χ1v) is 9.21. The summed E-state index contributed by atoms with van der Waals surface area (Å²) < 4.78 is 29.4. The lowest BCUT2D eigenvalue weighted by Crippen LogP contribution is -2.33. The van der Waals surface area contributed by atoms with Crippen molar-refractivity contribution >= 4 is 33.3 Å². The molecule has 3 rings (SSSR count). The van der Waals surface area contributed by atoms with Crippen LogP contribution in [0.25, 0.3) is 5.65 Å². The number of aromatic nitrogens is 2.